The molecule has 1 aliphatic heterocycles. The van der Waals surface area contributed by atoms with E-state index in [1.54, 1.807) is 26.4 Å². The molecule has 30 heavy (non-hydrogen) atoms. The van der Waals surface area contributed by atoms with Gasteiger partial charge in [-0.1, -0.05) is 13.0 Å². The molecule has 0 bridgehead atoms. The highest BCUT2D eigenvalue weighted by atomic mass is 19.1. The van der Waals surface area contributed by atoms with E-state index in [4.69, 9.17) is 9.47 Å². The molecule has 1 aromatic carbocycles. The number of aliphatic imine (C=N–C) groups is 1. The van der Waals surface area contributed by atoms with Crippen molar-refractivity contribution in [3.8, 4) is 11.5 Å². The molecule has 1 fully saturated rings. The zero-order valence-electron chi connectivity index (χ0n) is 17.8. The lowest BCUT2D eigenvalue weighted by molar-refractivity contribution is 0.294. The summed E-state index contributed by atoms with van der Waals surface area (Å²) in [6.07, 6.45) is 3.44. The number of hydrogen-bond donors (Lipinski definition) is 2. The number of guanidine groups is 1. The Morgan fingerprint density at radius 3 is 2.93 bits per heavy atom. The lowest BCUT2D eigenvalue weighted by Gasteiger charge is -2.20. The number of aromatic nitrogens is 1. The quantitative estimate of drug-likeness (QED) is 0.510. The Labute approximate surface area is 177 Å². The summed E-state index contributed by atoms with van der Waals surface area (Å²) in [7, 11) is 3.38. The van der Waals surface area contributed by atoms with Crippen LogP contribution < -0.4 is 25.0 Å². The van der Waals surface area contributed by atoms with Gasteiger partial charge in [0.15, 0.2) is 29.1 Å². The monoisotopic (exact) mass is 415 g/mol. The molecule has 3 rings (SSSR count). The average molecular weight is 416 g/mol. The number of benzene rings is 1. The summed E-state index contributed by atoms with van der Waals surface area (Å²) >= 11 is 0. The Bertz CT molecular complexity index is 861. The van der Waals surface area contributed by atoms with E-state index in [9.17, 15) is 4.39 Å². The molecule has 1 atom stereocenters. The lowest BCUT2D eigenvalue weighted by Crippen LogP contribution is -2.44. The minimum absolute atomic E-state index is 0.164. The molecule has 0 amide bonds. The van der Waals surface area contributed by atoms with Crippen molar-refractivity contribution in [3.63, 3.8) is 0 Å². The number of nitrogens with one attached hydrogen (secondary N) is 2. The number of ether oxygens (including phenoxy) is 2. The maximum Gasteiger partial charge on any atom is 0.191 e. The summed E-state index contributed by atoms with van der Waals surface area (Å²) < 4.78 is 25.1. The van der Waals surface area contributed by atoms with Crippen molar-refractivity contribution in [1.82, 2.24) is 15.6 Å². The summed E-state index contributed by atoms with van der Waals surface area (Å²) in [6, 6.07) is 9.11. The van der Waals surface area contributed by atoms with Crippen LogP contribution in [0.3, 0.4) is 0 Å². The van der Waals surface area contributed by atoms with Crippen LogP contribution in [0.4, 0.5) is 10.2 Å². The first-order valence-electron chi connectivity index (χ1n) is 10.3. The minimum Gasteiger partial charge on any atom is -0.493 e. The predicted octanol–water partition coefficient (Wildman–Crippen LogP) is 2.96. The zero-order valence-corrected chi connectivity index (χ0v) is 17.8. The zero-order chi connectivity index (χ0) is 21.3. The third kappa shape index (κ3) is 5.52. The lowest BCUT2D eigenvalue weighted by atomic mass is 10.2. The molecule has 2 N–H and O–H groups in total. The van der Waals surface area contributed by atoms with Crippen LogP contribution in [0, 0.1) is 5.82 Å². The highest BCUT2D eigenvalue weighted by Gasteiger charge is 2.25. The molecule has 1 unspecified atom stereocenters. The van der Waals surface area contributed by atoms with E-state index in [-0.39, 0.29) is 11.9 Å². The van der Waals surface area contributed by atoms with Crippen molar-refractivity contribution in [3.05, 3.63) is 47.9 Å². The number of methoxy groups -OCH3 is 1. The third-order valence-corrected chi connectivity index (χ3v) is 4.94. The topological polar surface area (TPSA) is 71.0 Å². The van der Waals surface area contributed by atoms with Crippen molar-refractivity contribution < 1.29 is 13.9 Å². The molecule has 162 valence electrons. The van der Waals surface area contributed by atoms with Crippen LogP contribution in [-0.4, -0.2) is 50.8 Å². The first kappa shape index (κ1) is 21.7. The molecule has 2 heterocycles. The number of nitrogens with zero attached hydrogens (tertiary/aromatic N) is 3. The maximum absolute atomic E-state index is 14.0. The van der Waals surface area contributed by atoms with Crippen molar-refractivity contribution in [1.29, 1.82) is 0 Å². The molecular weight excluding hydrogens is 385 g/mol. The van der Waals surface area contributed by atoms with Crippen LogP contribution >= 0.6 is 0 Å². The van der Waals surface area contributed by atoms with Gasteiger partial charge in [-0.15, -0.1) is 0 Å². The standard InChI is InChI=1S/C22H30FN5O2/c1-4-12-30-19-8-7-16(13-20(19)29-3)14-26-22(24-2)27-17-9-11-28(15-17)21-18(23)6-5-10-25-21/h5-8,10,13,17H,4,9,11-12,14-15H2,1-3H3,(H2,24,26,27). The van der Waals surface area contributed by atoms with Gasteiger partial charge >= 0.3 is 0 Å². The van der Waals surface area contributed by atoms with E-state index in [0.717, 1.165) is 36.4 Å². The van der Waals surface area contributed by atoms with Crippen LogP contribution in [0.25, 0.3) is 0 Å². The average Bonchev–Trinajstić information content (AvgIpc) is 3.23. The van der Waals surface area contributed by atoms with Crippen LogP contribution in [0.15, 0.2) is 41.5 Å². The van der Waals surface area contributed by atoms with E-state index in [1.807, 2.05) is 23.1 Å². The van der Waals surface area contributed by atoms with Gasteiger partial charge in [0.1, 0.15) is 0 Å². The Hall–Kier alpha value is -3.03. The second kappa shape index (κ2) is 10.7. The molecular formula is C22H30FN5O2. The van der Waals surface area contributed by atoms with Gasteiger partial charge in [-0.2, -0.15) is 0 Å². The Morgan fingerprint density at radius 2 is 2.20 bits per heavy atom. The van der Waals surface area contributed by atoms with E-state index in [1.165, 1.54) is 6.07 Å². The van der Waals surface area contributed by atoms with Gasteiger partial charge in [-0.25, -0.2) is 9.37 Å². The molecule has 2 aromatic rings. The molecule has 1 saturated heterocycles. The smallest absolute Gasteiger partial charge is 0.191 e. The van der Waals surface area contributed by atoms with E-state index < -0.39 is 0 Å². The fraction of sp³-hybridized carbons (Fsp3) is 0.455. The molecule has 1 aromatic heterocycles. The SMILES string of the molecule is CCCOc1ccc(CNC(=NC)NC2CCN(c3ncccc3F)C2)cc1OC. The molecule has 0 spiro atoms. The van der Waals surface area contributed by atoms with Crippen LogP contribution in [-0.2, 0) is 6.54 Å². The highest BCUT2D eigenvalue weighted by Crippen LogP contribution is 2.28. The van der Waals surface area contributed by atoms with Gasteiger partial charge in [0, 0.05) is 38.9 Å². The number of pyridine rings is 1. The highest BCUT2D eigenvalue weighted by molar-refractivity contribution is 5.80. The molecule has 7 nitrogen and oxygen atoms in total. The molecule has 8 heteroatoms. The van der Waals surface area contributed by atoms with Gasteiger partial charge in [0.05, 0.1) is 13.7 Å². The van der Waals surface area contributed by atoms with Crippen molar-refractivity contribution in [2.75, 3.05) is 38.8 Å². The first-order chi connectivity index (χ1) is 14.6. The summed E-state index contributed by atoms with van der Waals surface area (Å²) in [6.45, 7) is 4.74. The number of hydrogen-bond acceptors (Lipinski definition) is 5. The molecule has 1 aliphatic rings. The Kier molecular flexibility index (Phi) is 7.70. The largest absolute Gasteiger partial charge is 0.493 e. The summed E-state index contributed by atoms with van der Waals surface area (Å²) in [5.74, 6) is 2.28. The van der Waals surface area contributed by atoms with Gasteiger partial charge in [-0.05, 0) is 42.7 Å². The van der Waals surface area contributed by atoms with Gasteiger partial charge in [-0.3, -0.25) is 4.99 Å². The summed E-state index contributed by atoms with van der Waals surface area (Å²) in [5, 5.41) is 6.74. The van der Waals surface area contributed by atoms with Crippen LogP contribution in [0.1, 0.15) is 25.3 Å². The second-order valence-electron chi connectivity index (χ2n) is 7.14. The molecule has 0 aliphatic carbocycles. The van der Waals surface area contributed by atoms with E-state index >= 15 is 0 Å². The Balaban J connectivity index is 1.53. The van der Waals surface area contributed by atoms with Gasteiger partial charge in [0.2, 0.25) is 0 Å². The number of rotatable bonds is 8. The number of halogens is 1. The van der Waals surface area contributed by atoms with E-state index in [2.05, 4.69) is 27.5 Å². The fourth-order valence-electron chi connectivity index (χ4n) is 3.41. The predicted molar refractivity (Wildman–Crippen MR) is 117 cm³/mol. The second-order valence-corrected chi connectivity index (χ2v) is 7.14. The van der Waals surface area contributed by atoms with Crippen molar-refractivity contribution in [2.24, 2.45) is 4.99 Å². The third-order valence-electron chi connectivity index (χ3n) is 4.94. The molecule has 0 radical (unpaired) electrons. The van der Waals surface area contributed by atoms with E-state index in [0.29, 0.717) is 31.5 Å². The molecule has 0 saturated carbocycles. The normalized spacial score (nSPS) is 16.5. The number of anilines is 1. The maximum atomic E-state index is 14.0. The van der Waals surface area contributed by atoms with Crippen molar-refractivity contribution in [2.45, 2.75) is 32.4 Å². The van der Waals surface area contributed by atoms with Crippen LogP contribution in [0.5, 0.6) is 11.5 Å². The summed E-state index contributed by atoms with van der Waals surface area (Å²) in [4.78, 5) is 10.4. The Morgan fingerprint density at radius 1 is 1.33 bits per heavy atom. The summed E-state index contributed by atoms with van der Waals surface area (Å²) in [5.41, 5.74) is 1.06. The van der Waals surface area contributed by atoms with Crippen LogP contribution in [0.2, 0.25) is 0 Å². The van der Waals surface area contributed by atoms with Gasteiger partial charge in [0.25, 0.3) is 0 Å². The first-order valence-corrected chi connectivity index (χ1v) is 10.3. The van der Waals surface area contributed by atoms with Crippen molar-refractivity contribution >= 4 is 11.8 Å². The fourth-order valence-corrected chi connectivity index (χ4v) is 3.41. The minimum atomic E-state index is -0.291. The van der Waals surface area contributed by atoms with Gasteiger partial charge < -0.3 is 25.0 Å².